The number of benzene rings is 2. The van der Waals surface area contributed by atoms with Gasteiger partial charge in [0.1, 0.15) is 23.3 Å². The molecule has 28 heavy (non-hydrogen) atoms. The zero-order chi connectivity index (χ0) is 20.3. The molecule has 0 unspecified atom stereocenters. The van der Waals surface area contributed by atoms with E-state index in [0.717, 1.165) is 5.56 Å². The second-order valence-corrected chi connectivity index (χ2v) is 6.66. The summed E-state index contributed by atoms with van der Waals surface area (Å²) in [5.41, 5.74) is 1.05. The van der Waals surface area contributed by atoms with Crippen LogP contribution in [0.25, 0.3) is 11.0 Å². The van der Waals surface area contributed by atoms with Crippen molar-refractivity contribution in [2.45, 2.75) is 32.8 Å². The van der Waals surface area contributed by atoms with Crippen molar-refractivity contribution in [1.29, 1.82) is 0 Å². The molecule has 0 spiro atoms. The van der Waals surface area contributed by atoms with Crippen molar-refractivity contribution in [3.8, 4) is 17.2 Å². The molecule has 0 saturated carbocycles. The van der Waals surface area contributed by atoms with Gasteiger partial charge in [0.05, 0.1) is 12.5 Å². The Balaban J connectivity index is 1.91. The average Bonchev–Trinajstić information content (AvgIpc) is 2.69. The molecular formula is C22H22O6. The van der Waals surface area contributed by atoms with E-state index < -0.39 is 12.1 Å². The van der Waals surface area contributed by atoms with Crippen LogP contribution in [-0.2, 0) is 9.53 Å². The molecule has 0 aliphatic rings. The van der Waals surface area contributed by atoms with Gasteiger partial charge in [-0.3, -0.25) is 4.79 Å². The van der Waals surface area contributed by atoms with E-state index >= 15 is 0 Å². The Morgan fingerprint density at radius 3 is 2.50 bits per heavy atom. The normalized spacial score (nSPS) is 12.0. The number of esters is 1. The van der Waals surface area contributed by atoms with Gasteiger partial charge in [0, 0.05) is 6.07 Å². The van der Waals surface area contributed by atoms with Crippen LogP contribution in [0.3, 0.4) is 0 Å². The summed E-state index contributed by atoms with van der Waals surface area (Å²) in [5, 5.41) is 0.359. The van der Waals surface area contributed by atoms with Gasteiger partial charge in [-0.15, -0.1) is 0 Å². The van der Waals surface area contributed by atoms with E-state index in [1.54, 1.807) is 25.1 Å². The summed E-state index contributed by atoms with van der Waals surface area (Å²) in [6.07, 6.45) is 0.513. The summed E-state index contributed by atoms with van der Waals surface area (Å²) in [5.74, 6) is 0.884. The molecule has 6 heteroatoms. The standard InChI is InChI=1S/C22H22O6/c1-13(2)16-7-5-6-8-18(16)28-20-12-26-19-11-15(9-10-17(19)21(20)23)27-14(3)22(24)25-4/h5-14H,1-4H3/t14-/m0/s1. The number of hydrogen-bond donors (Lipinski definition) is 0. The van der Waals surface area contributed by atoms with Gasteiger partial charge in [-0.2, -0.15) is 0 Å². The quantitative estimate of drug-likeness (QED) is 0.578. The Kier molecular flexibility index (Phi) is 5.68. The van der Waals surface area contributed by atoms with Crippen molar-refractivity contribution >= 4 is 16.9 Å². The van der Waals surface area contributed by atoms with Gasteiger partial charge < -0.3 is 18.6 Å². The van der Waals surface area contributed by atoms with Crippen LogP contribution < -0.4 is 14.9 Å². The van der Waals surface area contributed by atoms with Crippen LogP contribution in [0.4, 0.5) is 0 Å². The third kappa shape index (κ3) is 4.01. The van der Waals surface area contributed by atoms with Gasteiger partial charge in [0.2, 0.25) is 11.2 Å². The molecule has 3 aromatic rings. The summed E-state index contributed by atoms with van der Waals surface area (Å²) in [6.45, 7) is 5.69. The molecule has 0 aliphatic heterocycles. The Labute approximate surface area is 162 Å². The molecule has 3 rings (SSSR count). The van der Waals surface area contributed by atoms with Crippen LogP contribution in [0.15, 0.2) is 57.9 Å². The second-order valence-electron chi connectivity index (χ2n) is 6.66. The summed E-state index contributed by atoms with van der Waals surface area (Å²) < 4.78 is 21.6. The molecule has 0 radical (unpaired) electrons. The molecule has 0 amide bonds. The van der Waals surface area contributed by atoms with Gasteiger partial charge in [-0.25, -0.2) is 4.79 Å². The van der Waals surface area contributed by atoms with Gasteiger partial charge >= 0.3 is 5.97 Å². The summed E-state index contributed by atoms with van der Waals surface area (Å²) in [6, 6.07) is 12.3. The number of carbonyl (C=O) groups excluding carboxylic acids is 1. The maximum absolute atomic E-state index is 12.8. The molecule has 1 aromatic heterocycles. The van der Waals surface area contributed by atoms with Crippen LogP contribution in [0, 0.1) is 0 Å². The van der Waals surface area contributed by atoms with Crippen molar-refractivity contribution < 1.29 is 23.4 Å². The van der Waals surface area contributed by atoms with Crippen molar-refractivity contribution in [3.63, 3.8) is 0 Å². The second kappa shape index (κ2) is 8.17. The molecule has 146 valence electrons. The lowest BCUT2D eigenvalue weighted by Crippen LogP contribution is -2.24. The number of carbonyl (C=O) groups is 1. The Bertz CT molecular complexity index is 1050. The van der Waals surface area contributed by atoms with E-state index in [0.29, 0.717) is 22.5 Å². The third-order valence-corrected chi connectivity index (χ3v) is 4.32. The highest BCUT2D eigenvalue weighted by molar-refractivity contribution is 5.79. The number of rotatable bonds is 6. The molecule has 1 atom stereocenters. The largest absolute Gasteiger partial charge is 0.479 e. The Hall–Kier alpha value is -3.28. The van der Waals surface area contributed by atoms with E-state index in [2.05, 4.69) is 18.6 Å². The topological polar surface area (TPSA) is 75.0 Å². The van der Waals surface area contributed by atoms with Gasteiger partial charge in [-0.05, 0) is 36.6 Å². The van der Waals surface area contributed by atoms with Crippen molar-refractivity contribution in [3.05, 3.63) is 64.5 Å². The monoisotopic (exact) mass is 382 g/mol. The highest BCUT2D eigenvalue weighted by Crippen LogP contribution is 2.30. The van der Waals surface area contributed by atoms with Gasteiger partial charge in [0.15, 0.2) is 6.10 Å². The fourth-order valence-electron chi connectivity index (χ4n) is 2.82. The van der Waals surface area contributed by atoms with Gasteiger partial charge in [0.25, 0.3) is 0 Å². The minimum absolute atomic E-state index is 0.109. The molecule has 0 saturated heterocycles. The lowest BCUT2D eigenvalue weighted by atomic mass is 10.0. The first-order valence-corrected chi connectivity index (χ1v) is 8.97. The summed E-state index contributed by atoms with van der Waals surface area (Å²) >= 11 is 0. The van der Waals surface area contributed by atoms with Crippen LogP contribution in [0.5, 0.6) is 17.2 Å². The SMILES string of the molecule is COC(=O)[C@H](C)Oc1ccc2c(=O)c(Oc3ccccc3C(C)C)coc2c1. The fraction of sp³-hybridized carbons (Fsp3) is 0.273. The number of ether oxygens (including phenoxy) is 3. The first-order valence-electron chi connectivity index (χ1n) is 8.97. The highest BCUT2D eigenvalue weighted by atomic mass is 16.6. The lowest BCUT2D eigenvalue weighted by molar-refractivity contribution is -0.147. The van der Waals surface area contributed by atoms with E-state index in [-0.39, 0.29) is 17.1 Å². The molecule has 6 nitrogen and oxygen atoms in total. The Morgan fingerprint density at radius 1 is 1.04 bits per heavy atom. The van der Waals surface area contributed by atoms with Crippen molar-refractivity contribution in [2.24, 2.45) is 0 Å². The van der Waals surface area contributed by atoms with Crippen LogP contribution >= 0.6 is 0 Å². The maximum atomic E-state index is 12.8. The fourth-order valence-corrected chi connectivity index (χ4v) is 2.82. The van der Waals surface area contributed by atoms with Gasteiger partial charge in [-0.1, -0.05) is 32.0 Å². The predicted molar refractivity (Wildman–Crippen MR) is 105 cm³/mol. The highest BCUT2D eigenvalue weighted by Gasteiger charge is 2.17. The van der Waals surface area contributed by atoms with Crippen LogP contribution in [0.2, 0.25) is 0 Å². The molecule has 2 aromatic carbocycles. The smallest absolute Gasteiger partial charge is 0.346 e. The lowest BCUT2D eigenvalue weighted by Gasteiger charge is -2.14. The number of fused-ring (bicyclic) bond motifs is 1. The van der Waals surface area contributed by atoms with Crippen LogP contribution in [0.1, 0.15) is 32.3 Å². The summed E-state index contributed by atoms with van der Waals surface area (Å²) in [7, 11) is 1.29. The third-order valence-electron chi connectivity index (χ3n) is 4.32. The first-order chi connectivity index (χ1) is 13.4. The predicted octanol–water partition coefficient (Wildman–Crippen LogP) is 4.65. The van der Waals surface area contributed by atoms with Crippen molar-refractivity contribution in [1.82, 2.24) is 0 Å². The number of para-hydroxylation sites is 1. The summed E-state index contributed by atoms with van der Waals surface area (Å²) in [4.78, 5) is 24.3. The first kappa shape index (κ1) is 19.5. The minimum atomic E-state index is -0.774. The zero-order valence-electron chi connectivity index (χ0n) is 16.2. The maximum Gasteiger partial charge on any atom is 0.346 e. The Morgan fingerprint density at radius 2 is 1.79 bits per heavy atom. The van der Waals surface area contributed by atoms with E-state index in [4.69, 9.17) is 13.9 Å². The van der Waals surface area contributed by atoms with E-state index in [9.17, 15) is 9.59 Å². The molecule has 1 heterocycles. The number of hydrogen-bond acceptors (Lipinski definition) is 6. The molecule has 0 N–H and O–H groups in total. The molecule has 0 fully saturated rings. The molecular weight excluding hydrogens is 360 g/mol. The minimum Gasteiger partial charge on any atom is -0.479 e. The van der Waals surface area contributed by atoms with E-state index in [1.807, 2.05) is 24.3 Å². The van der Waals surface area contributed by atoms with Crippen LogP contribution in [-0.4, -0.2) is 19.2 Å². The molecule has 0 aliphatic carbocycles. The number of methoxy groups -OCH3 is 1. The zero-order valence-corrected chi connectivity index (χ0v) is 16.2. The molecule has 0 bridgehead atoms. The van der Waals surface area contributed by atoms with Crippen molar-refractivity contribution in [2.75, 3.05) is 7.11 Å². The van der Waals surface area contributed by atoms with E-state index in [1.165, 1.54) is 13.4 Å². The average molecular weight is 382 g/mol.